The molecule has 2 heterocycles. The first kappa shape index (κ1) is 31.3. The third kappa shape index (κ3) is 6.54. The van der Waals surface area contributed by atoms with Crippen molar-refractivity contribution in [3.8, 4) is 5.75 Å². The Morgan fingerprint density at radius 1 is 1.21 bits per heavy atom. The van der Waals surface area contributed by atoms with E-state index in [2.05, 4.69) is 15.8 Å². The Labute approximate surface area is 249 Å². The van der Waals surface area contributed by atoms with E-state index in [1.807, 2.05) is 6.92 Å². The third-order valence-corrected chi connectivity index (χ3v) is 9.26. The number of aromatic nitrogens is 1. The highest BCUT2D eigenvalue weighted by Gasteiger charge is 2.36. The van der Waals surface area contributed by atoms with Crippen LogP contribution in [-0.4, -0.2) is 78.7 Å². The molecular weight excluding hydrogens is 586 g/mol. The van der Waals surface area contributed by atoms with E-state index in [4.69, 9.17) is 20.9 Å². The van der Waals surface area contributed by atoms with Crippen LogP contribution in [0.15, 0.2) is 51.9 Å². The second-order valence-corrected chi connectivity index (χ2v) is 12.8. The molecule has 0 unspecified atom stereocenters. The van der Waals surface area contributed by atoms with Crippen LogP contribution in [0, 0.1) is 19.8 Å². The largest absolute Gasteiger partial charge is 0.486 e. The number of rotatable bonds is 8. The van der Waals surface area contributed by atoms with Crippen LogP contribution in [0.25, 0.3) is 0 Å². The highest BCUT2D eigenvalue weighted by Crippen LogP contribution is 2.35. The maximum absolute atomic E-state index is 13.7. The Morgan fingerprint density at radius 3 is 2.52 bits per heavy atom. The molecule has 0 spiro atoms. The van der Waals surface area contributed by atoms with Crippen molar-refractivity contribution >= 4 is 44.9 Å². The molecule has 0 saturated heterocycles. The van der Waals surface area contributed by atoms with Crippen molar-refractivity contribution in [1.29, 1.82) is 0 Å². The van der Waals surface area contributed by atoms with Gasteiger partial charge in [0.25, 0.3) is 5.91 Å². The predicted molar refractivity (Wildman–Crippen MR) is 157 cm³/mol. The first-order valence-electron chi connectivity index (χ1n) is 13.3. The summed E-state index contributed by atoms with van der Waals surface area (Å²) in [5.74, 6) is -0.262. The van der Waals surface area contributed by atoms with Gasteiger partial charge in [0.15, 0.2) is 11.5 Å². The number of carbonyl (C=O) groups excluding carboxylic acids is 2. The van der Waals surface area contributed by atoms with Gasteiger partial charge in [-0.25, -0.2) is 13.2 Å². The molecule has 3 atom stereocenters. The average Bonchev–Trinajstić information content (AvgIpc) is 3.26. The fourth-order valence-electron chi connectivity index (χ4n) is 4.63. The SMILES string of the molecule is Cc1noc(C)c1NC(=O)Nc1cccc2c1O[C@@H](CN(C)S(=O)(=O)c1ccc(Cl)cc1)[C@@H](C)CN([C@H](C)CO)C2=O. The zero-order chi connectivity index (χ0) is 30.8. The quantitative estimate of drug-likeness (QED) is 0.340. The van der Waals surface area contributed by atoms with Gasteiger partial charge >= 0.3 is 6.03 Å². The number of nitrogens with zero attached hydrogens (tertiary/aromatic N) is 3. The maximum atomic E-state index is 13.7. The molecule has 1 aromatic heterocycles. The Balaban J connectivity index is 1.70. The summed E-state index contributed by atoms with van der Waals surface area (Å²) in [4.78, 5) is 28.3. The van der Waals surface area contributed by atoms with Crippen LogP contribution in [-0.2, 0) is 10.0 Å². The highest BCUT2D eigenvalue weighted by atomic mass is 35.5. The van der Waals surface area contributed by atoms with E-state index in [-0.39, 0.29) is 47.5 Å². The van der Waals surface area contributed by atoms with Crippen molar-refractivity contribution in [2.45, 2.75) is 44.7 Å². The normalized spacial score (nSPS) is 18.1. The van der Waals surface area contributed by atoms with Crippen LogP contribution in [0.2, 0.25) is 5.02 Å². The van der Waals surface area contributed by atoms with Gasteiger partial charge < -0.3 is 29.9 Å². The molecule has 2 aromatic carbocycles. The molecule has 12 nitrogen and oxygen atoms in total. The number of hydrogen-bond acceptors (Lipinski definition) is 8. The number of hydrogen-bond donors (Lipinski definition) is 3. The number of nitrogens with one attached hydrogen (secondary N) is 2. The molecule has 0 aliphatic carbocycles. The summed E-state index contributed by atoms with van der Waals surface area (Å²) in [5.41, 5.74) is 1.26. The van der Waals surface area contributed by atoms with Crippen LogP contribution in [0.3, 0.4) is 0 Å². The van der Waals surface area contributed by atoms with Crippen LogP contribution in [0.1, 0.15) is 35.7 Å². The van der Waals surface area contributed by atoms with Gasteiger partial charge in [-0.05, 0) is 57.2 Å². The van der Waals surface area contributed by atoms with Crippen molar-refractivity contribution < 1.29 is 32.4 Å². The van der Waals surface area contributed by atoms with Crippen molar-refractivity contribution in [3.63, 3.8) is 0 Å². The summed E-state index contributed by atoms with van der Waals surface area (Å²) in [7, 11) is -2.46. The van der Waals surface area contributed by atoms with E-state index in [1.165, 1.54) is 40.5 Å². The molecule has 1 aliphatic heterocycles. The van der Waals surface area contributed by atoms with Gasteiger partial charge in [-0.2, -0.15) is 4.31 Å². The highest BCUT2D eigenvalue weighted by molar-refractivity contribution is 7.89. The number of likely N-dealkylation sites (N-methyl/N-ethyl adjacent to an activating group) is 1. The number of para-hydroxylation sites is 1. The topological polar surface area (TPSA) is 154 Å². The number of ether oxygens (including phenoxy) is 1. The molecule has 0 saturated carbocycles. The van der Waals surface area contributed by atoms with Crippen LogP contribution >= 0.6 is 11.6 Å². The lowest BCUT2D eigenvalue weighted by Gasteiger charge is -2.38. The molecule has 0 bridgehead atoms. The number of aryl methyl sites for hydroxylation is 2. The fourth-order valence-corrected chi connectivity index (χ4v) is 5.94. The summed E-state index contributed by atoms with van der Waals surface area (Å²) < 4.78 is 39.4. The lowest BCUT2D eigenvalue weighted by molar-refractivity contribution is 0.0389. The van der Waals surface area contributed by atoms with E-state index >= 15 is 0 Å². The van der Waals surface area contributed by atoms with E-state index < -0.39 is 34.1 Å². The number of amides is 3. The van der Waals surface area contributed by atoms with Gasteiger partial charge in [-0.3, -0.25) is 4.79 Å². The second-order valence-electron chi connectivity index (χ2n) is 10.3. The van der Waals surface area contributed by atoms with Crippen molar-refractivity contribution in [2.75, 3.05) is 37.4 Å². The molecule has 0 radical (unpaired) electrons. The van der Waals surface area contributed by atoms with Gasteiger partial charge in [0.2, 0.25) is 10.0 Å². The molecule has 0 fully saturated rings. The zero-order valence-corrected chi connectivity index (χ0v) is 25.5. The minimum atomic E-state index is -3.91. The van der Waals surface area contributed by atoms with E-state index in [1.54, 1.807) is 39.0 Å². The lowest BCUT2D eigenvalue weighted by Crippen LogP contribution is -2.50. The molecular formula is C28H34ClN5O7S. The minimum Gasteiger partial charge on any atom is -0.486 e. The molecule has 3 amide bonds. The number of aliphatic hydroxyl groups is 1. The predicted octanol–water partition coefficient (Wildman–Crippen LogP) is 4.13. The van der Waals surface area contributed by atoms with Gasteiger partial charge in [-0.15, -0.1) is 0 Å². The summed E-state index contributed by atoms with van der Waals surface area (Å²) >= 11 is 5.95. The van der Waals surface area contributed by atoms with Gasteiger partial charge in [0.05, 0.1) is 35.3 Å². The van der Waals surface area contributed by atoms with E-state index in [0.29, 0.717) is 22.2 Å². The number of urea groups is 1. The molecule has 4 rings (SSSR count). The molecule has 14 heteroatoms. The number of fused-ring (bicyclic) bond motifs is 1. The first-order chi connectivity index (χ1) is 19.8. The standard InChI is InChI=1S/C28H34ClN5O7S/c1-16-13-34(17(2)15-35)27(36)22-7-6-8-23(30-28(37)31-25-18(3)32-41-19(25)4)26(22)40-24(16)14-33(5)42(38,39)21-11-9-20(29)10-12-21/h6-12,16-17,24,35H,13-15H2,1-5H3,(H2,30,31,37)/t16-,17+,24-/m0/s1. The third-order valence-electron chi connectivity index (χ3n) is 7.17. The van der Waals surface area contributed by atoms with Crippen molar-refractivity contribution in [3.05, 3.63) is 64.5 Å². The smallest absolute Gasteiger partial charge is 0.323 e. The van der Waals surface area contributed by atoms with Crippen molar-refractivity contribution in [1.82, 2.24) is 14.4 Å². The van der Waals surface area contributed by atoms with Gasteiger partial charge in [-0.1, -0.05) is 29.7 Å². The second kappa shape index (κ2) is 12.7. The number of benzene rings is 2. The van der Waals surface area contributed by atoms with Crippen LogP contribution in [0.5, 0.6) is 5.75 Å². The van der Waals surface area contributed by atoms with Gasteiger partial charge in [0.1, 0.15) is 17.5 Å². The Morgan fingerprint density at radius 2 is 1.90 bits per heavy atom. The van der Waals surface area contributed by atoms with Crippen molar-refractivity contribution in [2.24, 2.45) is 5.92 Å². The average molecular weight is 620 g/mol. The molecule has 3 aromatic rings. The van der Waals surface area contributed by atoms with E-state index in [0.717, 1.165) is 0 Å². The molecule has 226 valence electrons. The number of carbonyl (C=O) groups is 2. The maximum Gasteiger partial charge on any atom is 0.323 e. The minimum absolute atomic E-state index is 0.0670. The monoisotopic (exact) mass is 619 g/mol. The summed E-state index contributed by atoms with van der Waals surface area (Å²) in [6.07, 6.45) is -0.745. The van der Waals surface area contributed by atoms with Crippen LogP contribution < -0.4 is 15.4 Å². The number of sulfonamides is 1. The lowest BCUT2D eigenvalue weighted by atomic mass is 9.99. The van der Waals surface area contributed by atoms with Gasteiger partial charge in [0, 0.05) is 24.5 Å². The molecule has 3 N–H and O–H groups in total. The summed E-state index contributed by atoms with van der Waals surface area (Å²) in [6, 6.07) is 9.44. The Bertz CT molecular complexity index is 1540. The number of anilines is 2. The van der Waals surface area contributed by atoms with E-state index in [9.17, 15) is 23.1 Å². The van der Waals surface area contributed by atoms with Crippen LogP contribution in [0.4, 0.5) is 16.2 Å². The number of halogens is 1. The zero-order valence-electron chi connectivity index (χ0n) is 23.9. The first-order valence-corrected chi connectivity index (χ1v) is 15.1. The number of aliphatic hydroxyl groups excluding tert-OH is 1. The fraction of sp³-hybridized carbons (Fsp3) is 0.393. The summed E-state index contributed by atoms with van der Waals surface area (Å²) in [6.45, 7) is 6.75. The Hall–Kier alpha value is -3.65. The Kier molecular flexibility index (Phi) is 9.46. The molecule has 1 aliphatic rings. The summed E-state index contributed by atoms with van der Waals surface area (Å²) in [5, 5.41) is 19.6. The molecule has 42 heavy (non-hydrogen) atoms.